The molecule has 0 fully saturated rings. The van der Waals surface area contributed by atoms with Crippen LogP contribution in [0, 0.1) is 17.5 Å². The summed E-state index contributed by atoms with van der Waals surface area (Å²) in [6.07, 6.45) is 0. The fourth-order valence-corrected chi connectivity index (χ4v) is 1.89. The predicted octanol–water partition coefficient (Wildman–Crippen LogP) is 3.36. The van der Waals surface area contributed by atoms with Gasteiger partial charge in [0.05, 0.1) is 0 Å². The Bertz CT molecular complexity index is 579. The normalized spacial score (nSPS) is 14.3. The molecule has 0 radical (unpaired) electrons. The second kappa shape index (κ2) is 4.46. The van der Waals surface area contributed by atoms with Crippen LogP contribution in [0.4, 0.5) is 13.2 Å². The van der Waals surface area contributed by atoms with E-state index in [4.69, 9.17) is 0 Å². The molecule has 0 aliphatic carbocycles. The van der Waals surface area contributed by atoms with Gasteiger partial charge in [-0.25, -0.2) is 13.2 Å². The maximum Gasteiger partial charge on any atom is 0.132 e. The molecule has 94 valence electrons. The van der Waals surface area contributed by atoms with Crippen molar-refractivity contribution < 1.29 is 18.3 Å². The molecular formula is C14H11F3O. The van der Waals surface area contributed by atoms with Crippen LogP contribution in [-0.2, 0) is 5.60 Å². The molecule has 1 N–H and O–H groups in total. The molecule has 0 aliphatic rings. The Balaban J connectivity index is 2.58. The Morgan fingerprint density at radius 3 is 2.11 bits per heavy atom. The zero-order valence-electron chi connectivity index (χ0n) is 9.62. The van der Waals surface area contributed by atoms with Gasteiger partial charge in [-0.15, -0.1) is 0 Å². The van der Waals surface area contributed by atoms with Gasteiger partial charge in [0, 0.05) is 17.2 Å². The summed E-state index contributed by atoms with van der Waals surface area (Å²) in [7, 11) is 0. The van der Waals surface area contributed by atoms with Gasteiger partial charge in [0.25, 0.3) is 0 Å². The summed E-state index contributed by atoms with van der Waals surface area (Å²) in [5, 5.41) is 10.3. The van der Waals surface area contributed by atoms with E-state index >= 15 is 0 Å². The minimum atomic E-state index is -1.86. The number of rotatable bonds is 2. The van der Waals surface area contributed by atoms with Crippen LogP contribution in [0.1, 0.15) is 18.1 Å². The molecule has 2 rings (SSSR count). The van der Waals surface area contributed by atoms with Crippen molar-refractivity contribution >= 4 is 0 Å². The van der Waals surface area contributed by atoms with Crippen molar-refractivity contribution in [1.82, 2.24) is 0 Å². The van der Waals surface area contributed by atoms with Crippen molar-refractivity contribution in [2.24, 2.45) is 0 Å². The second-order valence-corrected chi connectivity index (χ2v) is 4.18. The zero-order chi connectivity index (χ0) is 13.3. The standard InChI is InChI=1S/C14H11F3O/c1-14(18,10-4-2-3-5-12(10)16)11-7-6-9(15)8-13(11)17/h2-8,18H,1H3. The average molecular weight is 252 g/mol. The van der Waals surface area contributed by atoms with Gasteiger partial charge in [0.2, 0.25) is 0 Å². The van der Waals surface area contributed by atoms with E-state index in [1.54, 1.807) is 0 Å². The Morgan fingerprint density at radius 1 is 0.889 bits per heavy atom. The van der Waals surface area contributed by atoms with Gasteiger partial charge < -0.3 is 5.11 Å². The van der Waals surface area contributed by atoms with Gasteiger partial charge in [-0.3, -0.25) is 0 Å². The highest BCUT2D eigenvalue weighted by Crippen LogP contribution is 2.32. The molecule has 0 aliphatic heterocycles. The van der Waals surface area contributed by atoms with E-state index in [9.17, 15) is 18.3 Å². The highest BCUT2D eigenvalue weighted by Gasteiger charge is 2.31. The third-order valence-electron chi connectivity index (χ3n) is 2.85. The van der Waals surface area contributed by atoms with Crippen LogP contribution in [0.3, 0.4) is 0 Å². The van der Waals surface area contributed by atoms with Crippen molar-refractivity contribution in [2.75, 3.05) is 0 Å². The first-order valence-electron chi connectivity index (χ1n) is 5.36. The molecule has 1 nitrogen and oxygen atoms in total. The van der Waals surface area contributed by atoms with Crippen LogP contribution >= 0.6 is 0 Å². The molecule has 0 aromatic heterocycles. The maximum absolute atomic E-state index is 13.6. The van der Waals surface area contributed by atoms with Gasteiger partial charge in [-0.05, 0) is 25.1 Å². The maximum atomic E-state index is 13.6. The lowest BCUT2D eigenvalue weighted by molar-refractivity contribution is 0.0936. The van der Waals surface area contributed by atoms with Gasteiger partial charge in [0.15, 0.2) is 0 Å². The Morgan fingerprint density at radius 2 is 1.50 bits per heavy atom. The summed E-state index contributed by atoms with van der Waals surface area (Å²) in [5.41, 5.74) is -2.09. The molecule has 0 spiro atoms. The van der Waals surface area contributed by atoms with Crippen molar-refractivity contribution in [3.8, 4) is 0 Å². The van der Waals surface area contributed by atoms with E-state index in [0.29, 0.717) is 6.07 Å². The lowest BCUT2D eigenvalue weighted by Crippen LogP contribution is -2.25. The highest BCUT2D eigenvalue weighted by atomic mass is 19.1. The number of halogens is 3. The summed E-state index contributed by atoms with van der Waals surface area (Å²) >= 11 is 0. The van der Waals surface area contributed by atoms with Crippen LogP contribution in [-0.4, -0.2) is 5.11 Å². The summed E-state index contributed by atoms with van der Waals surface area (Å²) in [6.45, 7) is 1.27. The van der Waals surface area contributed by atoms with Crippen LogP contribution < -0.4 is 0 Å². The van der Waals surface area contributed by atoms with Gasteiger partial charge in [0.1, 0.15) is 23.1 Å². The third kappa shape index (κ3) is 2.11. The number of hydrogen-bond acceptors (Lipinski definition) is 1. The average Bonchev–Trinajstić information content (AvgIpc) is 2.28. The Hall–Kier alpha value is -1.81. The lowest BCUT2D eigenvalue weighted by Gasteiger charge is -2.25. The first kappa shape index (κ1) is 12.6. The molecule has 0 saturated carbocycles. The molecule has 2 aromatic rings. The minimum absolute atomic E-state index is 0.0597. The first-order valence-corrected chi connectivity index (χ1v) is 5.36. The van der Waals surface area contributed by atoms with Gasteiger partial charge in [-0.2, -0.15) is 0 Å². The minimum Gasteiger partial charge on any atom is -0.380 e. The number of benzene rings is 2. The molecular weight excluding hydrogens is 241 g/mol. The topological polar surface area (TPSA) is 20.2 Å². The largest absolute Gasteiger partial charge is 0.380 e. The number of hydrogen-bond donors (Lipinski definition) is 1. The van der Waals surface area contributed by atoms with Crippen LogP contribution in [0.5, 0.6) is 0 Å². The summed E-state index contributed by atoms with van der Waals surface area (Å²) in [4.78, 5) is 0. The van der Waals surface area contributed by atoms with Crippen LogP contribution in [0.2, 0.25) is 0 Å². The zero-order valence-corrected chi connectivity index (χ0v) is 9.62. The molecule has 4 heteroatoms. The molecule has 0 amide bonds. The fourth-order valence-electron chi connectivity index (χ4n) is 1.89. The molecule has 1 atom stereocenters. The lowest BCUT2D eigenvalue weighted by atomic mass is 9.87. The van der Waals surface area contributed by atoms with E-state index in [2.05, 4.69) is 0 Å². The van der Waals surface area contributed by atoms with Crippen LogP contribution in [0.15, 0.2) is 42.5 Å². The summed E-state index contributed by atoms with van der Waals surface area (Å²) < 4.78 is 40.1. The van der Waals surface area contributed by atoms with Gasteiger partial charge >= 0.3 is 0 Å². The van der Waals surface area contributed by atoms with E-state index < -0.39 is 23.1 Å². The number of aliphatic hydroxyl groups is 1. The fraction of sp³-hybridized carbons (Fsp3) is 0.143. The monoisotopic (exact) mass is 252 g/mol. The highest BCUT2D eigenvalue weighted by molar-refractivity contribution is 5.36. The molecule has 2 aromatic carbocycles. The van der Waals surface area contributed by atoms with E-state index in [-0.39, 0.29) is 11.1 Å². The van der Waals surface area contributed by atoms with E-state index in [0.717, 1.165) is 12.1 Å². The summed E-state index contributed by atoms with van der Waals surface area (Å²) in [5.74, 6) is -2.31. The SMILES string of the molecule is CC(O)(c1ccccc1F)c1ccc(F)cc1F. The predicted molar refractivity (Wildman–Crippen MR) is 61.4 cm³/mol. The second-order valence-electron chi connectivity index (χ2n) is 4.18. The quantitative estimate of drug-likeness (QED) is 0.868. The molecule has 18 heavy (non-hydrogen) atoms. The van der Waals surface area contributed by atoms with E-state index in [1.807, 2.05) is 0 Å². The Kier molecular flexibility index (Phi) is 3.13. The van der Waals surface area contributed by atoms with Gasteiger partial charge in [-0.1, -0.05) is 18.2 Å². The molecule has 0 saturated heterocycles. The molecule has 1 unspecified atom stereocenters. The van der Waals surface area contributed by atoms with Crippen LogP contribution in [0.25, 0.3) is 0 Å². The smallest absolute Gasteiger partial charge is 0.132 e. The van der Waals surface area contributed by atoms with Crippen molar-refractivity contribution in [1.29, 1.82) is 0 Å². The summed E-state index contributed by atoms with van der Waals surface area (Å²) in [6, 6.07) is 8.32. The molecule has 0 heterocycles. The third-order valence-corrected chi connectivity index (χ3v) is 2.85. The Labute approximate surface area is 103 Å². The van der Waals surface area contributed by atoms with Crippen molar-refractivity contribution in [2.45, 2.75) is 12.5 Å². The van der Waals surface area contributed by atoms with Crippen molar-refractivity contribution in [3.63, 3.8) is 0 Å². The van der Waals surface area contributed by atoms with Crippen molar-refractivity contribution in [3.05, 3.63) is 71.0 Å². The first-order chi connectivity index (χ1) is 8.43. The molecule has 0 bridgehead atoms. The van der Waals surface area contributed by atoms with E-state index in [1.165, 1.54) is 31.2 Å².